The van der Waals surface area contributed by atoms with Crippen molar-refractivity contribution in [3.8, 4) is 0 Å². The number of amides is 2. The molecule has 0 aromatic heterocycles. The van der Waals surface area contributed by atoms with Gasteiger partial charge in [-0.05, 0) is 18.2 Å². The van der Waals surface area contributed by atoms with Crippen LogP contribution >= 0.6 is 0 Å². The minimum Gasteiger partial charge on any atom is -0.380 e. The van der Waals surface area contributed by atoms with E-state index in [1.165, 1.54) is 12.0 Å². The third-order valence-corrected chi connectivity index (χ3v) is 3.59. The van der Waals surface area contributed by atoms with Gasteiger partial charge in [0, 0.05) is 25.6 Å². The topological polar surface area (TPSA) is 72.6 Å². The molecule has 1 aliphatic rings. The Morgan fingerprint density at radius 3 is 2.76 bits per heavy atom. The summed E-state index contributed by atoms with van der Waals surface area (Å²) in [7, 11) is 1.48. The second-order valence-electron chi connectivity index (χ2n) is 4.97. The molecular formula is C14H16F2N2O3. The molecule has 2 atom stereocenters. The standard InChI is InChI=1S/C14H16F2N2O3/c1-21-10-6-12(14(17)20)18(7-10)13(19)5-8-4-9(15)2-3-11(8)16/h2-4,10,12H,5-7H2,1H3,(H2,17,20)/t10-,12-/m0/s1. The van der Waals surface area contributed by atoms with Crippen molar-refractivity contribution in [2.75, 3.05) is 13.7 Å². The molecule has 0 bridgehead atoms. The summed E-state index contributed by atoms with van der Waals surface area (Å²) in [5, 5.41) is 0. The number of halogens is 2. The Hall–Kier alpha value is -2.02. The molecule has 1 aliphatic heterocycles. The van der Waals surface area contributed by atoms with E-state index < -0.39 is 29.5 Å². The smallest absolute Gasteiger partial charge is 0.240 e. The highest BCUT2D eigenvalue weighted by atomic mass is 19.1. The molecule has 1 aromatic rings. The lowest BCUT2D eigenvalue weighted by atomic mass is 10.1. The van der Waals surface area contributed by atoms with Crippen molar-refractivity contribution in [2.45, 2.75) is 25.0 Å². The molecule has 114 valence electrons. The minimum atomic E-state index is -0.779. The number of hydrogen-bond donors (Lipinski definition) is 1. The number of nitrogens with zero attached hydrogens (tertiary/aromatic N) is 1. The van der Waals surface area contributed by atoms with Gasteiger partial charge in [0.15, 0.2) is 0 Å². The molecule has 0 aliphatic carbocycles. The minimum absolute atomic E-state index is 0.0518. The largest absolute Gasteiger partial charge is 0.380 e. The van der Waals surface area contributed by atoms with Gasteiger partial charge >= 0.3 is 0 Å². The first-order valence-corrected chi connectivity index (χ1v) is 6.48. The van der Waals surface area contributed by atoms with Crippen LogP contribution in [-0.2, 0) is 20.7 Å². The Bertz CT molecular complexity index is 565. The van der Waals surface area contributed by atoms with Crippen molar-refractivity contribution in [1.29, 1.82) is 0 Å². The van der Waals surface area contributed by atoms with E-state index in [4.69, 9.17) is 10.5 Å². The van der Waals surface area contributed by atoms with E-state index in [1.54, 1.807) is 0 Å². The lowest BCUT2D eigenvalue weighted by molar-refractivity contribution is -0.136. The average molecular weight is 298 g/mol. The monoisotopic (exact) mass is 298 g/mol. The average Bonchev–Trinajstić information content (AvgIpc) is 2.87. The van der Waals surface area contributed by atoms with E-state index in [-0.39, 0.29) is 24.6 Å². The van der Waals surface area contributed by atoms with Crippen molar-refractivity contribution in [2.24, 2.45) is 5.73 Å². The molecule has 2 N–H and O–H groups in total. The van der Waals surface area contributed by atoms with Gasteiger partial charge in [-0.3, -0.25) is 9.59 Å². The Morgan fingerprint density at radius 1 is 1.43 bits per heavy atom. The fraction of sp³-hybridized carbons (Fsp3) is 0.429. The van der Waals surface area contributed by atoms with Crippen LogP contribution in [-0.4, -0.2) is 42.5 Å². The van der Waals surface area contributed by atoms with Gasteiger partial charge in [0.1, 0.15) is 17.7 Å². The highest BCUT2D eigenvalue weighted by molar-refractivity contribution is 5.88. The third-order valence-electron chi connectivity index (χ3n) is 3.59. The van der Waals surface area contributed by atoms with E-state index in [2.05, 4.69) is 0 Å². The van der Waals surface area contributed by atoms with Gasteiger partial charge in [-0.25, -0.2) is 8.78 Å². The van der Waals surface area contributed by atoms with Gasteiger partial charge < -0.3 is 15.4 Å². The summed E-state index contributed by atoms with van der Waals surface area (Å²) < 4.78 is 31.8. The van der Waals surface area contributed by atoms with E-state index in [0.29, 0.717) is 6.42 Å². The number of rotatable bonds is 4. The molecule has 0 unspecified atom stereocenters. The highest BCUT2D eigenvalue weighted by Crippen LogP contribution is 2.21. The van der Waals surface area contributed by atoms with Crippen LogP contribution < -0.4 is 5.73 Å². The van der Waals surface area contributed by atoms with Gasteiger partial charge in [0.2, 0.25) is 11.8 Å². The third kappa shape index (κ3) is 3.36. The summed E-state index contributed by atoms with van der Waals surface area (Å²) in [6, 6.07) is 2.13. The number of benzene rings is 1. The molecule has 2 rings (SSSR count). The first-order valence-electron chi connectivity index (χ1n) is 6.48. The SMILES string of the molecule is CO[C@H]1C[C@@H](C(N)=O)N(C(=O)Cc2cc(F)ccc2F)C1. The number of carbonyl (C=O) groups excluding carboxylic acids is 2. The number of carbonyl (C=O) groups is 2. The van der Waals surface area contributed by atoms with Crippen LogP contribution in [0.25, 0.3) is 0 Å². The van der Waals surface area contributed by atoms with Gasteiger partial charge in [0.05, 0.1) is 12.5 Å². The molecule has 0 saturated carbocycles. The van der Waals surface area contributed by atoms with Gasteiger partial charge in [-0.2, -0.15) is 0 Å². The second kappa shape index (κ2) is 6.17. The molecule has 1 saturated heterocycles. The van der Waals surface area contributed by atoms with Gasteiger partial charge in [0.25, 0.3) is 0 Å². The summed E-state index contributed by atoms with van der Waals surface area (Å²) in [6.45, 7) is 0.208. The molecule has 1 heterocycles. The van der Waals surface area contributed by atoms with Crippen LogP contribution in [0, 0.1) is 11.6 Å². The Balaban J connectivity index is 2.15. The summed E-state index contributed by atoms with van der Waals surface area (Å²) in [4.78, 5) is 24.9. The van der Waals surface area contributed by atoms with E-state index in [0.717, 1.165) is 18.2 Å². The maximum Gasteiger partial charge on any atom is 0.240 e. The number of nitrogens with two attached hydrogens (primary N) is 1. The number of methoxy groups -OCH3 is 1. The molecule has 1 fully saturated rings. The second-order valence-corrected chi connectivity index (χ2v) is 4.97. The van der Waals surface area contributed by atoms with Crippen LogP contribution in [0.3, 0.4) is 0 Å². The summed E-state index contributed by atoms with van der Waals surface area (Å²) in [6.07, 6.45) is -0.309. The number of likely N-dealkylation sites (tertiary alicyclic amines) is 1. The molecular weight excluding hydrogens is 282 g/mol. The zero-order valence-electron chi connectivity index (χ0n) is 11.5. The number of primary amides is 1. The first kappa shape index (κ1) is 15.4. The Labute approximate surface area is 120 Å². The zero-order valence-corrected chi connectivity index (χ0v) is 11.5. The molecule has 2 amide bonds. The summed E-state index contributed by atoms with van der Waals surface area (Å²) >= 11 is 0. The first-order chi connectivity index (χ1) is 9.92. The predicted octanol–water partition coefficient (Wildman–Crippen LogP) is 0.608. The van der Waals surface area contributed by atoms with Crippen molar-refractivity contribution in [3.05, 3.63) is 35.4 Å². The number of ether oxygens (including phenoxy) is 1. The van der Waals surface area contributed by atoms with Crippen LogP contribution in [0.1, 0.15) is 12.0 Å². The van der Waals surface area contributed by atoms with E-state index >= 15 is 0 Å². The van der Waals surface area contributed by atoms with E-state index in [1.807, 2.05) is 0 Å². The molecule has 5 nitrogen and oxygen atoms in total. The van der Waals surface area contributed by atoms with Crippen molar-refractivity contribution < 1.29 is 23.1 Å². The highest BCUT2D eigenvalue weighted by Gasteiger charge is 2.38. The Kier molecular flexibility index (Phi) is 4.52. The van der Waals surface area contributed by atoms with Crippen molar-refractivity contribution in [1.82, 2.24) is 4.90 Å². The van der Waals surface area contributed by atoms with Crippen LogP contribution in [0.4, 0.5) is 8.78 Å². The van der Waals surface area contributed by atoms with Crippen molar-refractivity contribution >= 4 is 11.8 Å². The molecule has 0 radical (unpaired) electrons. The maximum atomic E-state index is 13.6. The lowest BCUT2D eigenvalue weighted by Crippen LogP contribution is -2.44. The zero-order chi connectivity index (χ0) is 15.6. The summed E-state index contributed by atoms with van der Waals surface area (Å²) in [5.74, 6) is -2.41. The van der Waals surface area contributed by atoms with E-state index in [9.17, 15) is 18.4 Å². The molecule has 1 aromatic carbocycles. The molecule has 21 heavy (non-hydrogen) atoms. The predicted molar refractivity (Wildman–Crippen MR) is 70.2 cm³/mol. The van der Waals surface area contributed by atoms with Crippen LogP contribution in [0.15, 0.2) is 18.2 Å². The van der Waals surface area contributed by atoms with Gasteiger partial charge in [-0.15, -0.1) is 0 Å². The number of hydrogen-bond acceptors (Lipinski definition) is 3. The Morgan fingerprint density at radius 2 is 2.14 bits per heavy atom. The van der Waals surface area contributed by atoms with Crippen molar-refractivity contribution in [3.63, 3.8) is 0 Å². The normalized spacial score (nSPS) is 21.6. The summed E-state index contributed by atoms with van der Waals surface area (Å²) in [5.41, 5.74) is 5.22. The fourth-order valence-electron chi connectivity index (χ4n) is 2.46. The quantitative estimate of drug-likeness (QED) is 0.885. The lowest BCUT2D eigenvalue weighted by Gasteiger charge is -2.22. The van der Waals surface area contributed by atoms with Crippen LogP contribution in [0.2, 0.25) is 0 Å². The van der Waals surface area contributed by atoms with Crippen LogP contribution in [0.5, 0.6) is 0 Å². The van der Waals surface area contributed by atoms with Gasteiger partial charge in [-0.1, -0.05) is 0 Å². The molecule has 0 spiro atoms. The maximum absolute atomic E-state index is 13.6. The molecule has 7 heteroatoms. The fourth-order valence-corrected chi connectivity index (χ4v) is 2.46.